The van der Waals surface area contributed by atoms with Crippen LogP contribution < -0.4 is 0 Å². The average molecular weight is 158 g/mol. The molecular weight excluding hydrogens is 150 g/mol. The molecule has 0 aromatic rings. The molecule has 0 fully saturated rings. The second-order valence-corrected chi connectivity index (χ2v) is 1.82. The van der Waals surface area contributed by atoms with E-state index in [1.54, 1.807) is 0 Å². The van der Waals surface area contributed by atoms with Gasteiger partial charge in [0.25, 0.3) is 5.97 Å². The van der Waals surface area contributed by atoms with Gasteiger partial charge in [0.15, 0.2) is 6.10 Å². The van der Waals surface area contributed by atoms with Crippen LogP contribution in [0.3, 0.4) is 0 Å². The van der Waals surface area contributed by atoms with Crippen LogP contribution in [0.15, 0.2) is 0 Å². The van der Waals surface area contributed by atoms with Gasteiger partial charge in [-0.05, 0) is 0 Å². The number of carbonyl (C=O) groups excluding carboxylic acids is 2. The Hall–Kier alpha value is -0.970. The summed E-state index contributed by atoms with van der Waals surface area (Å²) < 4.78 is 8.37. The molecule has 1 N–H and O–H groups in total. The summed E-state index contributed by atoms with van der Waals surface area (Å²) in [5, 5.41) is 8.84. The van der Waals surface area contributed by atoms with Crippen molar-refractivity contribution >= 4 is 28.0 Å². The van der Waals surface area contributed by atoms with Crippen LogP contribution in [-0.2, 0) is 18.9 Å². The molecule has 60 valence electrons. The molecule has 11 heavy (non-hydrogen) atoms. The minimum Gasteiger partial charge on any atom is -0.543 e. The Kier molecular flexibility index (Phi) is 4.36. The minimum atomic E-state index is -1.42. The standard InChI is InChI=1S/C4H8B2O5/c5-10-3(8)1-2(7)4(9)11-6/h2,7H,1,5-6H2. The highest BCUT2D eigenvalue weighted by Gasteiger charge is 2.18. The molecule has 0 aliphatic heterocycles. The van der Waals surface area contributed by atoms with Crippen molar-refractivity contribution in [1.82, 2.24) is 0 Å². The highest BCUT2D eigenvalue weighted by molar-refractivity contribution is 6.07. The summed E-state index contributed by atoms with van der Waals surface area (Å²) in [6.45, 7) is 0. The fourth-order valence-corrected chi connectivity index (χ4v) is 0.461. The van der Waals surface area contributed by atoms with E-state index in [0.29, 0.717) is 0 Å². The molecule has 0 aromatic carbocycles. The minimum absolute atomic E-state index is 0.372. The molecule has 0 radical (unpaired) electrons. The van der Waals surface area contributed by atoms with E-state index in [1.165, 1.54) is 8.05 Å². The molecule has 0 saturated carbocycles. The summed E-state index contributed by atoms with van der Waals surface area (Å²) in [6, 6.07) is 0. The predicted octanol–water partition coefficient (Wildman–Crippen LogP) is -3.08. The summed E-state index contributed by atoms with van der Waals surface area (Å²) in [5.41, 5.74) is 0. The maximum atomic E-state index is 10.5. The van der Waals surface area contributed by atoms with Crippen LogP contribution in [0.25, 0.3) is 0 Å². The normalized spacial score (nSPS) is 11.7. The van der Waals surface area contributed by atoms with Gasteiger partial charge in [-0.25, -0.2) is 0 Å². The van der Waals surface area contributed by atoms with E-state index in [2.05, 4.69) is 9.31 Å². The molecule has 0 heterocycles. The zero-order chi connectivity index (χ0) is 8.85. The van der Waals surface area contributed by atoms with Crippen molar-refractivity contribution in [3.8, 4) is 0 Å². The molecule has 0 aliphatic carbocycles. The lowest BCUT2D eigenvalue weighted by atomic mass is 10.2. The number of hydrogen-bond acceptors (Lipinski definition) is 5. The van der Waals surface area contributed by atoms with E-state index in [-0.39, 0.29) is 6.42 Å². The third kappa shape index (κ3) is 3.67. The number of hydrogen-bond donors (Lipinski definition) is 1. The Morgan fingerprint density at radius 3 is 2.27 bits per heavy atom. The summed E-state index contributed by atoms with van der Waals surface area (Å²) >= 11 is 0. The van der Waals surface area contributed by atoms with Crippen LogP contribution in [0.1, 0.15) is 6.42 Å². The van der Waals surface area contributed by atoms with Crippen LogP contribution in [0.5, 0.6) is 0 Å². The quantitative estimate of drug-likeness (QED) is 0.440. The van der Waals surface area contributed by atoms with Gasteiger partial charge in [0.05, 0.1) is 6.42 Å². The van der Waals surface area contributed by atoms with Crippen molar-refractivity contribution in [3.05, 3.63) is 0 Å². The Morgan fingerprint density at radius 1 is 1.36 bits per heavy atom. The topological polar surface area (TPSA) is 72.8 Å². The zero-order valence-electron chi connectivity index (χ0n) is 6.36. The fraction of sp³-hybridized carbons (Fsp3) is 0.500. The lowest BCUT2D eigenvalue weighted by Gasteiger charge is -2.06. The smallest absolute Gasteiger partial charge is 0.326 e. The molecule has 5 nitrogen and oxygen atoms in total. The van der Waals surface area contributed by atoms with Gasteiger partial charge in [0.1, 0.15) is 0 Å². The molecule has 1 atom stereocenters. The Bertz CT molecular complexity index is 159. The molecule has 1 unspecified atom stereocenters. The van der Waals surface area contributed by atoms with Crippen LogP contribution in [0, 0.1) is 0 Å². The van der Waals surface area contributed by atoms with Gasteiger partial charge >= 0.3 is 22.1 Å². The van der Waals surface area contributed by atoms with E-state index in [1.807, 2.05) is 0 Å². The summed E-state index contributed by atoms with van der Waals surface area (Å²) in [7, 11) is 2.30. The Balaban J connectivity index is 3.77. The average Bonchev–Trinajstić information content (AvgIpc) is 2.02. The molecule has 0 rings (SSSR count). The van der Waals surface area contributed by atoms with Gasteiger partial charge in [-0.3, -0.25) is 9.59 Å². The molecule has 0 amide bonds. The number of carbonyl (C=O) groups is 2. The van der Waals surface area contributed by atoms with Crippen LogP contribution in [0.2, 0.25) is 0 Å². The number of aliphatic hydroxyl groups is 1. The molecule has 0 bridgehead atoms. The third-order valence-electron chi connectivity index (χ3n) is 1.06. The third-order valence-corrected chi connectivity index (χ3v) is 1.06. The Morgan fingerprint density at radius 2 is 1.91 bits per heavy atom. The van der Waals surface area contributed by atoms with Crippen LogP contribution >= 0.6 is 0 Å². The zero-order valence-corrected chi connectivity index (χ0v) is 6.36. The first-order valence-corrected chi connectivity index (χ1v) is 2.94. The van der Waals surface area contributed by atoms with Gasteiger partial charge in [-0.15, -0.1) is 0 Å². The first kappa shape index (κ1) is 10.0. The molecule has 7 heteroatoms. The van der Waals surface area contributed by atoms with E-state index in [4.69, 9.17) is 5.11 Å². The van der Waals surface area contributed by atoms with E-state index in [9.17, 15) is 9.59 Å². The van der Waals surface area contributed by atoms with Gasteiger partial charge in [0.2, 0.25) is 0 Å². The Labute approximate surface area is 65.6 Å². The van der Waals surface area contributed by atoms with Crippen LogP contribution in [-0.4, -0.2) is 39.2 Å². The number of rotatable bonds is 3. The second kappa shape index (κ2) is 4.79. The van der Waals surface area contributed by atoms with Crippen molar-refractivity contribution in [1.29, 1.82) is 0 Å². The second-order valence-electron chi connectivity index (χ2n) is 1.82. The summed E-state index contributed by atoms with van der Waals surface area (Å²) in [5.74, 6) is -1.49. The maximum absolute atomic E-state index is 10.5. The lowest BCUT2D eigenvalue weighted by molar-refractivity contribution is -0.149. The SMILES string of the molecule is BOC(=O)CC(O)C(=O)OB. The molecule has 0 spiro atoms. The highest BCUT2D eigenvalue weighted by atomic mass is 16.5. The highest BCUT2D eigenvalue weighted by Crippen LogP contribution is 1.94. The first-order valence-electron chi connectivity index (χ1n) is 2.94. The molecule has 0 aliphatic rings. The molecular formula is C4H8B2O5. The van der Waals surface area contributed by atoms with Crippen molar-refractivity contribution in [2.75, 3.05) is 0 Å². The van der Waals surface area contributed by atoms with Crippen molar-refractivity contribution in [2.24, 2.45) is 0 Å². The van der Waals surface area contributed by atoms with Gasteiger partial charge in [-0.1, -0.05) is 0 Å². The molecule has 0 aromatic heterocycles. The largest absolute Gasteiger partial charge is 0.543 e. The van der Waals surface area contributed by atoms with Gasteiger partial charge in [-0.2, -0.15) is 0 Å². The monoisotopic (exact) mass is 158 g/mol. The van der Waals surface area contributed by atoms with Crippen molar-refractivity contribution < 1.29 is 24.0 Å². The first-order chi connectivity index (χ1) is 5.11. The van der Waals surface area contributed by atoms with E-state index < -0.39 is 18.0 Å². The fourth-order valence-electron chi connectivity index (χ4n) is 0.461. The summed E-state index contributed by atoms with van der Waals surface area (Å²) in [4.78, 5) is 20.9. The predicted molar refractivity (Wildman–Crippen MR) is 39.9 cm³/mol. The van der Waals surface area contributed by atoms with Crippen LogP contribution in [0.4, 0.5) is 0 Å². The van der Waals surface area contributed by atoms with Crippen molar-refractivity contribution in [3.63, 3.8) is 0 Å². The lowest BCUT2D eigenvalue weighted by Crippen LogP contribution is -2.25. The van der Waals surface area contributed by atoms with Gasteiger partial charge < -0.3 is 14.4 Å². The molecule has 0 saturated heterocycles. The van der Waals surface area contributed by atoms with E-state index >= 15 is 0 Å². The maximum Gasteiger partial charge on any atom is 0.326 e. The van der Waals surface area contributed by atoms with E-state index in [0.717, 1.165) is 8.05 Å². The van der Waals surface area contributed by atoms with Gasteiger partial charge in [0, 0.05) is 0 Å². The van der Waals surface area contributed by atoms with Crippen molar-refractivity contribution in [2.45, 2.75) is 12.5 Å². The summed E-state index contributed by atoms with van der Waals surface area (Å²) in [6.07, 6.45) is -1.80. The number of aliphatic hydroxyl groups excluding tert-OH is 1.